The molecule has 0 aliphatic heterocycles. The zero-order chi connectivity index (χ0) is 25.5. The van der Waals surface area contributed by atoms with E-state index in [9.17, 15) is 13.6 Å². The summed E-state index contributed by atoms with van der Waals surface area (Å²) in [5.74, 6) is -1.08. The summed E-state index contributed by atoms with van der Waals surface area (Å²) in [7, 11) is 0. The number of halogens is 3. The quantitative estimate of drug-likeness (QED) is 0.238. The molecule has 2 rings (SSSR count). The summed E-state index contributed by atoms with van der Waals surface area (Å²) >= 11 is 6.36. The summed E-state index contributed by atoms with van der Waals surface area (Å²) in [5.41, 5.74) is 6.97. The lowest BCUT2D eigenvalue weighted by atomic mass is 9.89. The van der Waals surface area contributed by atoms with Gasteiger partial charge in [-0.25, -0.2) is 18.7 Å². The third-order valence-electron chi connectivity index (χ3n) is 5.34. The number of allylic oxidation sites excluding steroid dienone is 2. The molecule has 5 nitrogen and oxygen atoms in total. The molecule has 0 spiro atoms. The van der Waals surface area contributed by atoms with Crippen molar-refractivity contribution >= 4 is 23.1 Å². The van der Waals surface area contributed by atoms with Gasteiger partial charge < -0.3 is 11.1 Å². The number of nitrogens with one attached hydrogen (secondary N) is 1. The van der Waals surface area contributed by atoms with Gasteiger partial charge in [0.2, 0.25) is 5.91 Å². The van der Waals surface area contributed by atoms with Crippen molar-refractivity contribution in [1.82, 2.24) is 15.3 Å². The molecule has 0 fully saturated rings. The normalized spacial score (nSPS) is 13.0. The van der Waals surface area contributed by atoms with Crippen molar-refractivity contribution in [2.75, 3.05) is 6.54 Å². The summed E-state index contributed by atoms with van der Waals surface area (Å²) in [6, 6.07) is 6.15. The van der Waals surface area contributed by atoms with Crippen LogP contribution in [0.5, 0.6) is 0 Å². The van der Waals surface area contributed by atoms with E-state index in [2.05, 4.69) is 21.9 Å². The number of amides is 1. The minimum absolute atomic E-state index is 0.0473. The van der Waals surface area contributed by atoms with Crippen molar-refractivity contribution in [2.45, 2.75) is 52.8 Å². The van der Waals surface area contributed by atoms with E-state index in [-0.39, 0.29) is 22.0 Å². The highest BCUT2D eigenvalue weighted by Crippen LogP contribution is 2.36. The summed E-state index contributed by atoms with van der Waals surface area (Å²) < 4.78 is 29.0. The molecule has 8 heteroatoms. The third-order valence-corrected chi connectivity index (χ3v) is 5.66. The average molecular weight is 489 g/mol. The predicted octanol–water partition coefficient (Wildman–Crippen LogP) is 5.81. The number of primary amides is 1. The van der Waals surface area contributed by atoms with Gasteiger partial charge in [-0.3, -0.25) is 4.79 Å². The van der Waals surface area contributed by atoms with Crippen LogP contribution in [-0.2, 0) is 17.0 Å². The minimum atomic E-state index is -1.63. The van der Waals surface area contributed by atoms with Crippen LogP contribution in [0.2, 0.25) is 5.02 Å². The number of alkyl halides is 1. The molecule has 1 aromatic heterocycles. The van der Waals surface area contributed by atoms with E-state index >= 15 is 0 Å². The first-order valence-electron chi connectivity index (χ1n) is 11.0. The molecule has 0 atom stereocenters. The highest BCUT2D eigenvalue weighted by molar-refractivity contribution is 6.32. The van der Waals surface area contributed by atoms with Gasteiger partial charge in [0.25, 0.3) is 0 Å². The number of nitrogens with zero attached hydrogens (tertiary/aromatic N) is 2. The summed E-state index contributed by atoms with van der Waals surface area (Å²) in [6.07, 6.45) is 4.24. The van der Waals surface area contributed by atoms with Gasteiger partial charge in [-0.05, 0) is 75.6 Å². The average Bonchev–Trinajstić information content (AvgIpc) is 2.77. The number of aromatic nitrogens is 2. The lowest BCUT2D eigenvalue weighted by Gasteiger charge is -2.19. The summed E-state index contributed by atoms with van der Waals surface area (Å²) in [4.78, 5) is 20.0. The second-order valence-electron chi connectivity index (χ2n) is 8.43. The molecule has 0 bridgehead atoms. The van der Waals surface area contributed by atoms with Crippen LogP contribution in [0.25, 0.3) is 5.57 Å². The third kappa shape index (κ3) is 7.30. The number of hydrogen-bond donors (Lipinski definition) is 2. The van der Waals surface area contributed by atoms with Gasteiger partial charge in [0, 0.05) is 23.9 Å². The van der Waals surface area contributed by atoms with Crippen molar-refractivity contribution in [3.05, 3.63) is 87.8 Å². The zero-order valence-electron chi connectivity index (χ0n) is 20.0. The van der Waals surface area contributed by atoms with Crippen molar-refractivity contribution < 1.29 is 13.6 Å². The largest absolute Gasteiger partial charge is 0.366 e. The fourth-order valence-corrected chi connectivity index (χ4v) is 3.58. The van der Waals surface area contributed by atoms with Gasteiger partial charge in [-0.15, -0.1) is 0 Å². The first kappa shape index (κ1) is 27.3. The van der Waals surface area contributed by atoms with Crippen LogP contribution in [0.1, 0.15) is 57.6 Å². The van der Waals surface area contributed by atoms with Crippen LogP contribution in [0.3, 0.4) is 0 Å². The Morgan fingerprint density at radius 3 is 2.62 bits per heavy atom. The molecule has 3 N–H and O–H groups in total. The Kier molecular flexibility index (Phi) is 9.65. The molecule has 0 saturated carbocycles. The molecular formula is C26H31ClF2N4O. The molecule has 0 aliphatic rings. The number of carbonyl (C=O) groups excluding carboxylic acids is 1. The number of hydrogen-bond acceptors (Lipinski definition) is 4. The van der Waals surface area contributed by atoms with Crippen LogP contribution in [0, 0.1) is 5.82 Å². The van der Waals surface area contributed by atoms with Gasteiger partial charge in [0.1, 0.15) is 5.82 Å². The SMILES string of the molecule is C=C(/C=C(\C(CCNCc1ccnc(C(C)(C)F)n1)=C(/C)CC)c1c(F)cccc1Cl)C(N)=O. The Labute approximate surface area is 204 Å². The first-order valence-corrected chi connectivity index (χ1v) is 11.4. The van der Waals surface area contributed by atoms with Crippen LogP contribution >= 0.6 is 11.6 Å². The van der Waals surface area contributed by atoms with E-state index in [0.29, 0.717) is 37.2 Å². The van der Waals surface area contributed by atoms with Crippen LogP contribution < -0.4 is 11.1 Å². The Bertz CT molecular complexity index is 1100. The molecule has 1 aromatic carbocycles. The highest BCUT2D eigenvalue weighted by atomic mass is 35.5. The Morgan fingerprint density at radius 2 is 2.03 bits per heavy atom. The van der Waals surface area contributed by atoms with E-state index in [1.54, 1.807) is 12.1 Å². The van der Waals surface area contributed by atoms with Gasteiger partial charge in [-0.2, -0.15) is 0 Å². The number of rotatable bonds is 11. The van der Waals surface area contributed by atoms with E-state index < -0.39 is 17.4 Å². The maximum absolute atomic E-state index is 14.9. The monoisotopic (exact) mass is 488 g/mol. The molecular weight excluding hydrogens is 458 g/mol. The number of nitrogens with two attached hydrogens (primary N) is 1. The second kappa shape index (κ2) is 12.0. The highest BCUT2D eigenvalue weighted by Gasteiger charge is 2.22. The Hall–Kier alpha value is -2.90. The van der Waals surface area contributed by atoms with E-state index in [1.807, 2.05) is 13.8 Å². The predicted molar refractivity (Wildman–Crippen MR) is 133 cm³/mol. The molecule has 34 heavy (non-hydrogen) atoms. The topological polar surface area (TPSA) is 80.9 Å². The molecule has 2 aromatic rings. The van der Waals surface area contributed by atoms with Gasteiger partial charge >= 0.3 is 0 Å². The maximum Gasteiger partial charge on any atom is 0.248 e. The molecule has 0 aliphatic carbocycles. The van der Waals surface area contributed by atoms with E-state index in [4.69, 9.17) is 17.3 Å². The fraction of sp³-hybridized carbons (Fsp3) is 0.346. The van der Waals surface area contributed by atoms with Gasteiger partial charge in [-0.1, -0.05) is 36.7 Å². The fourth-order valence-electron chi connectivity index (χ4n) is 3.31. The second-order valence-corrected chi connectivity index (χ2v) is 8.83. The summed E-state index contributed by atoms with van der Waals surface area (Å²) in [5, 5.41) is 3.51. The van der Waals surface area contributed by atoms with Crippen LogP contribution in [0.4, 0.5) is 8.78 Å². The lowest BCUT2D eigenvalue weighted by molar-refractivity contribution is -0.114. The van der Waals surface area contributed by atoms with Crippen molar-refractivity contribution in [3.8, 4) is 0 Å². The Morgan fingerprint density at radius 1 is 1.32 bits per heavy atom. The maximum atomic E-state index is 14.9. The molecule has 0 unspecified atom stereocenters. The standard InChI is InChI=1S/C26H31ClF2N4O/c1-6-16(2)19(11-12-31-15-18-10-13-32-25(33-18)26(4,5)29)20(14-17(3)24(30)34)23-21(27)8-7-9-22(23)28/h7-10,13-14,31H,3,6,11-12,15H2,1-2,4-5H3,(H2,30,34)/b19-16+,20-14+. The van der Waals surface area contributed by atoms with Crippen LogP contribution in [0.15, 0.2) is 59.8 Å². The van der Waals surface area contributed by atoms with E-state index in [0.717, 1.165) is 11.1 Å². The van der Waals surface area contributed by atoms with Crippen LogP contribution in [-0.4, -0.2) is 22.4 Å². The van der Waals surface area contributed by atoms with Crippen molar-refractivity contribution in [2.24, 2.45) is 5.73 Å². The lowest BCUT2D eigenvalue weighted by Crippen LogP contribution is -2.20. The molecule has 0 radical (unpaired) electrons. The number of carbonyl (C=O) groups is 1. The molecule has 0 saturated heterocycles. The first-order chi connectivity index (χ1) is 16.0. The van der Waals surface area contributed by atoms with Gasteiger partial charge in [0.15, 0.2) is 11.5 Å². The summed E-state index contributed by atoms with van der Waals surface area (Å²) in [6.45, 7) is 11.4. The smallest absolute Gasteiger partial charge is 0.248 e. The molecule has 182 valence electrons. The van der Waals surface area contributed by atoms with Crippen molar-refractivity contribution in [3.63, 3.8) is 0 Å². The van der Waals surface area contributed by atoms with Gasteiger partial charge in [0.05, 0.1) is 10.7 Å². The molecule has 1 heterocycles. The van der Waals surface area contributed by atoms with Crippen molar-refractivity contribution in [1.29, 1.82) is 0 Å². The zero-order valence-corrected chi connectivity index (χ0v) is 20.8. The molecule has 1 amide bonds. The number of benzene rings is 1. The Balaban J connectivity index is 2.32. The van der Waals surface area contributed by atoms with E-state index in [1.165, 1.54) is 38.3 Å². The minimum Gasteiger partial charge on any atom is -0.366 e.